The van der Waals surface area contributed by atoms with Crippen LogP contribution in [0, 0.1) is 5.92 Å². The van der Waals surface area contributed by atoms with Gasteiger partial charge in [-0.25, -0.2) is 0 Å². The van der Waals surface area contributed by atoms with Gasteiger partial charge in [-0.3, -0.25) is 43.2 Å². The quantitative estimate of drug-likeness (QED) is 0.121. The normalized spacial score (nSPS) is 24.1. The monoisotopic (exact) mass is 803 g/mol. The Morgan fingerprint density at radius 1 is 0.929 bits per heavy atom. The summed E-state index contributed by atoms with van der Waals surface area (Å²) in [6, 6.07) is -1.45. The summed E-state index contributed by atoms with van der Waals surface area (Å²) in [5, 5.41) is 32.7. The number of carboxylic acid groups (broad SMARTS) is 1. The first-order valence-electron chi connectivity index (χ1n) is 17.6. The minimum Gasteiger partial charge on any atom is -0.481 e. The van der Waals surface area contributed by atoms with Crippen LogP contribution in [0.15, 0.2) is 30.5 Å². The van der Waals surface area contributed by atoms with Gasteiger partial charge in [-0.15, -0.1) is 11.8 Å². The molecule has 0 aliphatic carbocycles. The number of amides is 8. The number of aliphatic carboxylic acids is 1. The van der Waals surface area contributed by atoms with E-state index in [0.29, 0.717) is 5.56 Å². The molecule has 20 nitrogen and oxygen atoms in total. The number of nitrogens with two attached hydrogens (primary N) is 1. The average molecular weight is 804 g/mol. The summed E-state index contributed by atoms with van der Waals surface area (Å²) in [6.45, 7) is 2.93. The van der Waals surface area contributed by atoms with Crippen molar-refractivity contribution in [3.8, 4) is 0 Å². The number of carbonyl (C=O) groups excluding carboxylic acids is 8. The number of thioether (sulfide) groups is 1. The summed E-state index contributed by atoms with van der Waals surface area (Å²) in [7, 11) is 2.47. The van der Waals surface area contributed by atoms with Gasteiger partial charge in [0.1, 0.15) is 36.3 Å². The molecule has 1 aromatic heterocycles. The van der Waals surface area contributed by atoms with E-state index in [-0.39, 0.29) is 17.9 Å². The highest BCUT2D eigenvalue weighted by Gasteiger charge is 2.38. The molecule has 1 aliphatic heterocycles. The van der Waals surface area contributed by atoms with Crippen LogP contribution in [0.5, 0.6) is 0 Å². The van der Waals surface area contributed by atoms with Crippen LogP contribution in [-0.2, 0) is 49.6 Å². The fourth-order valence-corrected chi connectivity index (χ4v) is 6.64. The molecule has 8 amide bonds. The highest BCUT2D eigenvalue weighted by Crippen LogP contribution is 2.20. The molecule has 306 valence electrons. The fraction of sp³-hybridized carbons (Fsp3) is 0.514. The average Bonchev–Trinajstić information content (AvgIpc) is 3.55. The number of fused-ring (bicyclic) bond motifs is 1. The lowest BCUT2D eigenvalue weighted by atomic mass is 10.0. The lowest BCUT2D eigenvalue weighted by Crippen LogP contribution is -2.61. The highest BCUT2D eigenvalue weighted by molar-refractivity contribution is 8.00. The molecule has 6 atom stereocenters. The fourth-order valence-electron chi connectivity index (χ4n) is 5.78. The lowest BCUT2D eigenvalue weighted by molar-refractivity contribution is -0.146. The van der Waals surface area contributed by atoms with Crippen LogP contribution in [0.4, 0.5) is 0 Å². The predicted molar refractivity (Wildman–Crippen MR) is 202 cm³/mol. The maximum atomic E-state index is 14.0. The number of hydrogen-bond acceptors (Lipinski definition) is 11. The molecule has 1 aromatic carbocycles. The predicted octanol–water partition coefficient (Wildman–Crippen LogP) is -3.21. The number of likely N-dealkylation sites (N-methyl/N-ethyl adjacent to an activating group) is 2. The second-order valence-corrected chi connectivity index (χ2v) is 14.6. The zero-order valence-electron chi connectivity index (χ0n) is 31.6. The smallest absolute Gasteiger partial charge is 0.305 e. The van der Waals surface area contributed by atoms with E-state index in [1.165, 1.54) is 21.0 Å². The Balaban J connectivity index is 2.06. The van der Waals surface area contributed by atoms with Crippen LogP contribution < -0.4 is 32.3 Å². The van der Waals surface area contributed by atoms with Gasteiger partial charge in [-0.05, 0) is 24.5 Å². The van der Waals surface area contributed by atoms with Gasteiger partial charge in [0.25, 0.3) is 0 Å². The van der Waals surface area contributed by atoms with Gasteiger partial charge in [0, 0.05) is 43.4 Å². The number of nitrogens with zero attached hydrogens (tertiary/aromatic N) is 2. The Kier molecular flexibility index (Phi) is 16.2. The third-order valence-corrected chi connectivity index (χ3v) is 10.2. The maximum Gasteiger partial charge on any atom is 0.305 e. The van der Waals surface area contributed by atoms with Gasteiger partial charge in [-0.2, -0.15) is 0 Å². The summed E-state index contributed by atoms with van der Waals surface area (Å²) >= 11 is 0.884. The van der Waals surface area contributed by atoms with E-state index < -0.39 is 115 Å². The number of aromatic nitrogens is 1. The Labute approximate surface area is 326 Å². The van der Waals surface area contributed by atoms with Gasteiger partial charge >= 0.3 is 5.97 Å². The lowest BCUT2D eigenvalue weighted by Gasteiger charge is -2.33. The SMILES string of the molecule is CC(C)C1NC(=O)[C@H](CC(=O)O)NC(=O)[C@@H](C)N(C)C(=O)[C@@H](Cc2c[nH]c3ccccc23)NC(=O)CSC[C@@H](C(=O)NCC(N)=O)NC(=O)[C@H](CO)N(C)C1=O. The number of carbonyl (C=O) groups is 9. The number of hydrogen-bond donors (Lipinski definition) is 9. The van der Waals surface area contributed by atoms with Crippen molar-refractivity contribution in [3.05, 3.63) is 36.0 Å². The number of H-pyrrole nitrogens is 1. The van der Waals surface area contributed by atoms with E-state index in [1.807, 2.05) is 18.2 Å². The van der Waals surface area contributed by atoms with Crippen molar-refractivity contribution < 1.29 is 53.4 Å². The topological polar surface area (TPSA) is 303 Å². The summed E-state index contributed by atoms with van der Waals surface area (Å²) in [5.41, 5.74) is 6.59. The first kappa shape index (κ1) is 44.7. The molecular weight excluding hydrogens is 755 g/mol. The van der Waals surface area contributed by atoms with E-state index in [9.17, 15) is 53.4 Å². The molecule has 2 heterocycles. The first-order valence-corrected chi connectivity index (χ1v) is 18.8. The Morgan fingerprint density at radius 2 is 1.61 bits per heavy atom. The molecule has 0 spiro atoms. The summed E-state index contributed by atoms with van der Waals surface area (Å²) < 4.78 is 0. The highest BCUT2D eigenvalue weighted by atomic mass is 32.2. The van der Waals surface area contributed by atoms with Crippen LogP contribution in [0.25, 0.3) is 10.9 Å². The summed E-state index contributed by atoms with van der Waals surface area (Å²) in [6.07, 6.45) is 0.735. The molecule has 2 aromatic rings. The van der Waals surface area contributed by atoms with Gasteiger partial charge < -0.3 is 57.3 Å². The molecule has 0 bridgehead atoms. The summed E-state index contributed by atoms with van der Waals surface area (Å²) in [5.74, 6) is -9.72. The number of nitrogens with one attached hydrogen (secondary N) is 6. The number of rotatable bonds is 9. The molecule has 1 saturated heterocycles. The number of aliphatic hydroxyl groups excluding tert-OH is 1. The Bertz CT molecular complexity index is 1820. The van der Waals surface area contributed by atoms with Crippen molar-refractivity contribution in [1.29, 1.82) is 0 Å². The van der Waals surface area contributed by atoms with Gasteiger partial charge in [0.15, 0.2) is 0 Å². The van der Waals surface area contributed by atoms with Crippen LogP contribution in [-0.4, -0.2) is 153 Å². The van der Waals surface area contributed by atoms with E-state index >= 15 is 0 Å². The Morgan fingerprint density at radius 3 is 2.23 bits per heavy atom. The number of para-hydroxylation sites is 1. The van der Waals surface area contributed by atoms with E-state index in [2.05, 4.69) is 31.6 Å². The molecule has 1 fully saturated rings. The molecule has 1 unspecified atom stereocenters. The van der Waals surface area contributed by atoms with Crippen molar-refractivity contribution >= 4 is 75.9 Å². The van der Waals surface area contributed by atoms with Gasteiger partial charge in [0.2, 0.25) is 47.3 Å². The van der Waals surface area contributed by atoms with Crippen molar-refractivity contribution in [3.63, 3.8) is 0 Å². The molecule has 1 aliphatic rings. The first-order chi connectivity index (χ1) is 26.4. The van der Waals surface area contributed by atoms with Crippen LogP contribution in [0.3, 0.4) is 0 Å². The van der Waals surface area contributed by atoms with E-state index in [0.717, 1.165) is 32.5 Å². The van der Waals surface area contributed by atoms with Gasteiger partial charge in [0.05, 0.1) is 25.3 Å². The zero-order valence-corrected chi connectivity index (χ0v) is 32.4. The van der Waals surface area contributed by atoms with E-state index in [1.54, 1.807) is 26.1 Å². The van der Waals surface area contributed by atoms with Crippen LogP contribution >= 0.6 is 11.8 Å². The van der Waals surface area contributed by atoms with Crippen molar-refractivity contribution in [2.75, 3.05) is 38.8 Å². The Hall–Kier alpha value is -5.70. The number of benzene rings is 1. The minimum atomic E-state index is -1.73. The number of aromatic amines is 1. The van der Waals surface area contributed by atoms with Crippen LogP contribution in [0.1, 0.15) is 32.8 Å². The van der Waals surface area contributed by atoms with Crippen molar-refractivity contribution in [1.82, 2.24) is 41.4 Å². The molecule has 0 radical (unpaired) electrons. The van der Waals surface area contributed by atoms with Crippen molar-refractivity contribution in [2.45, 2.75) is 69.9 Å². The summed E-state index contributed by atoms with van der Waals surface area (Å²) in [4.78, 5) is 123. The maximum absolute atomic E-state index is 14.0. The molecular formula is C35H49N9O11S. The molecule has 21 heteroatoms. The number of carboxylic acids is 1. The second kappa shape index (κ2) is 20.3. The molecule has 56 heavy (non-hydrogen) atoms. The van der Waals surface area contributed by atoms with Crippen molar-refractivity contribution in [2.24, 2.45) is 11.7 Å². The molecule has 10 N–H and O–H groups in total. The number of aliphatic hydroxyl groups is 1. The number of primary amides is 1. The largest absolute Gasteiger partial charge is 0.481 e. The molecule has 0 saturated carbocycles. The standard InChI is InChI=1S/C35H49N9O11S/c1-17(2)29-35(55)44(5)25(14-45)33(53)41-24(31(51)38-13-26(36)46)15-56-16-27(47)39-23(10-19-12-37-21-9-7-6-8-20(19)21)34(54)43(4)18(3)30(50)40-22(11-28(48)49)32(52)42-29/h6-9,12,17-18,22-25,29,37,45H,10-11,13-16H2,1-5H3,(H2,36,46)(H,38,51)(H,39,47)(H,40,50)(H,41,53)(H,42,52)(H,48,49)/t18-,22+,23-,24+,25+,29?/m1/s1. The third-order valence-electron chi connectivity index (χ3n) is 9.16. The zero-order chi connectivity index (χ0) is 41.9. The third kappa shape index (κ3) is 11.9. The molecule has 3 rings (SSSR count). The van der Waals surface area contributed by atoms with Crippen LogP contribution in [0.2, 0.25) is 0 Å². The van der Waals surface area contributed by atoms with Gasteiger partial charge in [-0.1, -0.05) is 32.0 Å². The minimum absolute atomic E-state index is 0.0309. The second-order valence-electron chi connectivity index (χ2n) is 13.6. The van der Waals surface area contributed by atoms with E-state index in [4.69, 9.17) is 5.73 Å².